The molecule has 1 fully saturated rings. The van der Waals surface area contributed by atoms with Gasteiger partial charge in [0, 0.05) is 48.5 Å². The molecular formula is C26H29N3O2. The number of para-hydroxylation sites is 1. The Bertz CT molecular complexity index is 1170. The normalized spacial score (nSPS) is 15.7. The number of hydrogen-bond acceptors (Lipinski definition) is 4. The van der Waals surface area contributed by atoms with Crippen molar-refractivity contribution in [3.63, 3.8) is 0 Å². The Kier molecular flexibility index (Phi) is 6.05. The van der Waals surface area contributed by atoms with E-state index in [9.17, 15) is 9.90 Å². The third kappa shape index (κ3) is 4.32. The van der Waals surface area contributed by atoms with Crippen LogP contribution in [0.2, 0.25) is 0 Å². The van der Waals surface area contributed by atoms with E-state index in [0.717, 1.165) is 22.2 Å². The molecule has 0 amide bonds. The number of pyridine rings is 2. The third-order valence-electron chi connectivity index (χ3n) is 6.14. The first kappa shape index (κ1) is 21.1. The van der Waals surface area contributed by atoms with Gasteiger partial charge in [0.1, 0.15) is 0 Å². The van der Waals surface area contributed by atoms with E-state index in [0.29, 0.717) is 43.6 Å². The highest BCUT2D eigenvalue weighted by Crippen LogP contribution is 2.24. The third-order valence-corrected chi connectivity index (χ3v) is 6.14. The van der Waals surface area contributed by atoms with E-state index in [2.05, 4.69) is 24.1 Å². The molecule has 3 aromatic rings. The highest BCUT2D eigenvalue weighted by atomic mass is 16.3. The zero-order chi connectivity index (χ0) is 22.0. The van der Waals surface area contributed by atoms with Crippen molar-refractivity contribution in [1.29, 1.82) is 0 Å². The molecule has 1 saturated heterocycles. The number of likely N-dealkylation sites (tertiary alicyclic amines) is 1. The van der Waals surface area contributed by atoms with E-state index >= 15 is 0 Å². The minimum atomic E-state index is -0.273. The first-order valence-electron chi connectivity index (χ1n) is 10.8. The monoisotopic (exact) mass is 415 g/mol. The standard InChI is InChI=1S/C26H29N3O2/c1-4-20-11-16-29(26(31)25(20)19(3)28-14-12-23(30)13-15-28)18(2)17-22-10-9-21-7-5-6-8-24(21)27-22/h4-11,16,18,23,30H,1,3,12-15,17H2,2H3. The molecule has 5 heteroatoms. The van der Waals surface area contributed by atoms with E-state index < -0.39 is 0 Å². The van der Waals surface area contributed by atoms with Crippen LogP contribution in [0.5, 0.6) is 0 Å². The van der Waals surface area contributed by atoms with E-state index in [4.69, 9.17) is 4.98 Å². The number of aromatic nitrogens is 2. The van der Waals surface area contributed by atoms with Gasteiger partial charge in [-0.2, -0.15) is 0 Å². The van der Waals surface area contributed by atoms with Gasteiger partial charge < -0.3 is 14.6 Å². The number of nitrogens with zero attached hydrogens (tertiary/aromatic N) is 3. The van der Waals surface area contributed by atoms with Crippen LogP contribution in [0, 0.1) is 0 Å². The average Bonchev–Trinajstić information content (AvgIpc) is 2.78. The lowest BCUT2D eigenvalue weighted by Gasteiger charge is -2.33. The Morgan fingerprint density at radius 3 is 2.71 bits per heavy atom. The van der Waals surface area contributed by atoms with Gasteiger partial charge in [0.05, 0.1) is 17.2 Å². The molecule has 1 aliphatic heterocycles. The number of aliphatic hydroxyl groups excluding tert-OH is 1. The number of hydrogen-bond donors (Lipinski definition) is 1. The molecule has 0 saturated carbocycles. The SMILES string of the molecule is C=Cc1ccn(C(C)Cc2ccc3ccccc3n2)c(=O)c1C(=C)N1CCC(O)CC1. The molecule has 1 atom stereocenters. The van der Waals surface area contributed by atoms with Crippen LogP contribution in [-0.2, 0) is 6.42 Å². The predicted octanol–water partition coefficient (Wildman–Crippen LogP) is 4.27. The zero-order valence-corrected chi connectivity index (χ0v) is 18.0. The smallest absolute Gasteiger partial charge is 0.260 e. The van der Waals surface area contributed by atoms with Crippen LogP contribution in [0.15, 0.2) is 66.6 Å². The first-order valence-corrected chi connectivity index (χ1v) is 10.8. The van der Waals surface area contributed by atoms with Crippen molar-refractivity contribution in [3.8, 4) is 0 Å². The largest absolute Gasteiger partial charge is 0.393 e. The summed E-state index contributed by atoms with van der Waals surface area (Å²) in [6, 6.07) is 14.0. The molecule has 4 rings (SSSR count). The van der Waals surface area contributed by atoms with E-state index in [1.165, 1.54) is 0 Å². The van der Waals surface area contributed by atoms with Crippen LogP contribution in [0.25, 0.3) is 22.7 Å². The summed E-state index contributed by atoms with van der Waals surface area (Å²) in [6.07, 6.45) is 5.30. The molecule has 0 bridgehead atoms. The fraction of sp³-hybridized carbons (Fsp3) is 0.308. The van der Waals surface area contributed by atoms with Gasteiger partial charge in [-0.05, 0) is 43.5 Å². The number of aliphatic hydroxyl groups is 1. The Hall–Kier alpha value is -3.18. The molecule has 5 nitrogen and oxygen atoms in total. The molecule has 1 N–H and O–H groups in total. The molecule has 0 radical (unpaired) electrons. The highest BCUT2D eigenvalue weighted by molar-refractivity contribution is 5.78. The van der Waals surface area contributed by atoms with Gasteiger partial charge in [-0.1, -0.05) is 43.5 Å². The lowest BCUT2D eigenvalue weighted by Crippen LogP contribution is -2.37. The molecule has 31 heavy (non-hydrogen) atoms. The lowest BCUT2D eigenvalue weighted by atomic mass is 10.0. The van der Waals surface area contributed by atoms with Gasteiger partial charge in [-0.3, -0.25) is 9.78 Å². The Labute approximate surface area is 183 Å². The van der Waals surface area contributed by atoms with Crippen molar-refractivity contribution < 1.29 is 5.11 Å². The summed E-state index contributed by atoms with van der Waals surface area (Å²) in [7, 11) is 0. The molecule has 0 spiro atoms. The van der Waals surface area contributed by atoms with Crippen LogP contribution in [0.1, 0.15) is 42.6 Å². The Morgan fingerprint density at radius 2 is 1.97 bits per heavy atom. The van der Waals surface area contributed by atoms with E-state index in [1.807, 2.05) is 49.5 Å². The van der Waals surface area contributed by atoms with Crippen LogP contribution < -0.4 is 5.56 Å². The zero-order valence-electron chi connectivity index (χ0n) is 18.0. The van der Waals surface area contributed by atoms with Crippen LogP contribution in [-0.4, -0.2) is 38.8 Å². The molecule has 1 unspecified atom stereocenters. The van der Waals surface area contributed by atoms with E-state index in [1.54, 1.807) is 10.6 Å². The van der Waals surface area contributed by atoms with Gasteiger partial charge in [0.25, 0.3) is 5.56 Å². The maximum Gasteiger partial charge on any atom is 0.260 e. The molecule has 0 aliphatic carbocycles. The molecule has 160 valence electrons. The minimum absolute atomic E-state index is 0.0604. The van der Waals surface area contributed by atoms with Gasteiger partial charge in [-0.15, -0.1) is 0 Å². The maximum absolute atomic E-state index is 13.5. The van der Waals surface area contributed by atoms with Gasteiger partial charge in [0.2, 0.25) is 0 Å². The number of rotatable bonds is 6. The van der Waals surface area contributed by atoms with Crippen LogP contribution >= 0.6 is 0 Å². The van der Waals surface area contributed by atoms with E-state index in [-0.39, 0.29) is 17.7 Å². The number of fused-ring (bicyclic) bond motifs is 1. The first-order chi connectivity index (χ1) is 15.0. The summed E-state index contributed by atoms with van der Waals surface area (Å²) < 4.78 is 1.77. The molecule has 2 aromatic heterocycles. The summed E-state index contributed by atoms with van der Waals surface area (Å²) in [5.41, 5.74) is 3.93. The topological polar surface area (TPSA) is 58.4 Å². The summed E-state index contributed by atoms with van der Waals surface area (Å²) in [5, 5.41) is 10.9. The Morgan fingerprint density at radius 1 is 1.23 bits per heavy atom. The quantitative estimate of drug-likeness (QED) is 0.653. The second-order valence-corrected chi connectivity index (χ2v) is 8.28. The fourth-order valence-electron chi connectivity index (χ4n) is 4.29. The minimum Gasteiger partial charge on any atom is -0.393 e. The van der Waals surface area contributed by atoms with Crippen molar-refractivity contribution in [2.45, 2.75) is 38.3 Å². The average molecular weight is 416 g/mol. The summed E-state index contributed by atoms with van der Waals surface area (Å²) >= 11 is 0. The van der Waals surface area contributed by atoms with Gasteiger partial charge >= 0.3 is 0 Å². The summed E-state index contributed by atoms with van der Waals surface area (Å²) in [4.78, 5) is 20.4. The summed E-state index contributed by atoms with van der Waals surface area (Å²) in [5.74, 6) is 0. The molecule has 1 aliphatic rings. The lowest BCUT2D eigenvalue weighted by molar-refractivity contribution is 0.106. The van der Waals surface area contributed by atoms with Gasteiger partial charge in [-0.25, -0.2) is 0 Å². The van der Waals surface area contributed by atoms with Gasteiger partial charge in [0.15, 0.2) is 0 Å². The summed E-state index contributed by atoms with van der Waals surface area (Å²) in [6.45, 7) is 11.5. The number of benzene rings is 1. The van der Waals surface area contributed by atoms with Crippen LogP contribution in [0.4, 0.5) is 0 Å². The maximum atomic E-state index is 13.5. The molecule has 3 heterocycles. The Balaban J connectivity index is 1.63. The van der Waals surface area contributed by atoms with Crippen LogP contribution in [0.3, 0.4) is 0 Å². The van der Waals surface area contributed by atoms with Crippen molar-refractivity contribution in [2.24, 2.45) is 0 Å². The molecular weight excluding hydrogens is 386 g/mol. The fourth-order valence-corrected chi connectivity index (χ4v) is 4.29. The highest BCUT2D eigenvalue weighted by Gasteiger charge is 2.23. The second kappa shape index (κ2) is 8.90. The number of piperidine rings is 1. The van der Waals surface area contributed by atoms with Crippen molar-refractivity contribution >= 4 is 22.7 Å². The van der Waals surface area contributed by atoms with Crippen molar-refractivity contribution in [2.75, 3.05) is 13.1 Å². The van der Waals surface area contributed by atoms with Crippen molar-refractivity contribution in [1.82, 2.24) is 14.5 Å². The van der Waals surface area contributed by atoms with Crippen molar-refractivity contribution in [3.05, 3.63) is 89.0 Å². The molecule has 1 aromatic carbocycles. The predicted molar refractivity (Wildman–Crippen MR) is 127 cm³/mol. The second-order valence-electron chi connectivity index (χ2n) is 8.28.